The lowest BCUT2D eigenvalue weighted by Crippen LogP contribution is -2.38. The second-order valence-corrected chi connectivity index (χ2v) is 6.04. The van der Waals surface area contributed by atoms with E-state index < -0.39 is 0 Å². The summed E-state index contributed by atoms with van der Waals surface area (Å²) >= 11 is 0. The molecule has 1 N–H and O–H groups in total. The number of benzene rings is 1. The number of nitrogens with zero attached hydrogens (tertiary/aromatic N) is 1. The molecule has 20 heavy (non-hydrogen) atoms. The first kappa shape index (κ1) is 13.9. The molecule has 3 heteroatoms. The van der Waals surface area contributed by atoms with Gasteiger partial charge in [-0.05, 0) is 68.5 Å². The van der Waals surface area contributed by atoms with E-state index in [-0.39, 0.29) is 0 Å². The van der Waals surface area contributed by atoms with Crippen molar-refractivity contribution in [2.24, 2.45) is 5.92 Å². The summed E-state index contributed by atoms with van der Waals surface area (Å²) in [6.45, 7) is 8.78. The van der Waals surface area contributed by atoms with Gasteiger partial charge in [0.25, 0.3) is 0 Å². The normalized spacial score (nSPS) is 20.6. The summed E-state index contributed by atoms with van der Waals surface area (Å²) in [6, 6.07) is 6.62. The van der Waals surface area contributed by atoms with Gasteiger partial charge in [-0.2, -0.15) is 0 Å². The predicted molar refractivity (Wildman–Crippen MR) is 82.2 cm³/mol. The molecule has 1 fully saturated rings. The van der Waals surface area contributed by atoms with Crippen LogP contribution in [-0.4, -0.2) is 37.7 Å². The Hall–Kier alpha value is -1.06. The number of hydrogen-bond acceptors (Lipinski definition) is 3. The highest BCUT2D eigenvalue weighted by Crippen LogP contribution is 2.25. The van der Waals surface area contributed by atoms with E-state index in [0.717, 1.165) is 24.8 Å². The van der Waals surface area contributed by atoms with Gasteiger partial charge in [-0.3, -0.25) is 4.90 Å². The third kappa shape index (κ3) is 3.33. The van der Waals surface area contributed by atoms with Crippen LogP contribution in [0.5, 0.6) is 5.75 Å². The molecule has 0 aliphatic carbocycles. The zero-order chi connectivity index (χ0) is 13.8. The molecule has 1 aromatic rings. The molecule has 0 amide bonds. The molecule has 0 saturated carbocycles. The summed E-state index contributed by atoms with van der Waals surface area (Å²) in [5.41, 5.74) is 2.98. The molecule has 0 atom stereocenters. The quantitative estimate of drug-likeness (QED) is 0.912. The molecule has 3 nitrogen and oxygen atoms in total. The highest BCUT2D eigenvalue weighted by molar-refractivity contribution is 5.37. The summed E-state index contributed by atoms with van der Waals surface area (Å²) in [7, 11) is 0. The van der Waals surface area contributed by atoms with Crippen LogP contribution >= 0.6 is 0 Å². The minimum atomic E-state index is 0.751. The Morgan fingerprint density at radius 3 is 2.90 bits per heavy atom. The Bertz CT molecular complexity index is 441. The fourth-order valence-electron chi connectivity index (χ4n) is 3.43. The first-order valence-electron chi connectivity index (χ1n) is 8.03. The van der Waals surface area contributed by atoms with Crippen LogP contribution in [0.4, 0.5) is 0 Å². The summed E-state index contributed by atoms with van der Waals surface area (Å²) < 4.78 is 5.60. The van der Waals surface area contributed by atoms with Gasteiger partial charge in [0.2, 0.25) is 0 Å². The van der Waals surface area contributed by atoms with Gasteiger partial charge in [0.15, 0.2) is 0 Å². The van der Waals surface area contributed by atoms with Crippen molar-refractivity contribution >= 4 is 0 Å². The first-order valence-corrected chi connectivity index (χ1v) is 8.03. The van der Waals surface area contributed by atoms with Crippen molar-refractivity contribution in [2.75, 3.05) is 32.8 Å². The second-order valence-electron chi connectivity index (χ2n) is 6.04. The van der Waals surface area contributed by atoms with E-state index in [4.69, 9.17) is 4.74 Å². The summed E-state index contributed by atoms with van der Waals surface area (Å²) in [5, 5.41) is 3.45. The average molecular weight is 274 g/mol. The maximum atomic E-state index is 5.60. The third-order valence-corrected chi connectivity index (χ3v) is 4.56. The van der Waals surface area contributed by atoms with Crippen molar-refractivity contribution in [2.45, 2.75) is 32.7 Å². The fourth-order valence-corrected chi connectivity index (χ4v) is 3.43. The Morgan fingerprint density at radius 2 is 2.10 bits per heavy atom. The SMILES string of the molecule is CCOc1ccc2c(c1)CCN(CC1CCNCC1)C2. The zero-order valence-electron chi connectivity index (χ0n) is 12.5. The molecule has 0 unspecified atom stereocenters. The average Bonchev–Trinajstić information content (AvgIpc) is 2.49. The molecule has 0 bridgehead atoms. The molecular formula is C17H26N2O. The van der Waals surface area contributed by atoms with Gasteiger partial charge in [-0.25, -0.2) is 0 Å². The molecular weight excluding hydrogens is 248 g/mol. The Kier molecular flexibility index (Phi) is 4.58. The lowest BCUT2D eigenvalue weighted by Gasteiger charge is -2.33. The smallest absolute Gasteiger partial charge is 0.119 e. The van der Waals surface area contributed by atoms with E-state index in [9.17, 15) is 0 Å². The van der Waals surface area contributed by atoms with Gasteiger partial charge in [-0.1, -0.05) is 6.07 Å². The highest BCUT2D eigenvalue weighted by Gasteiger charge is 2.21. The molecule has 2 heterocycles. The summed E-state index contributed by atoms with van der Waals surface area (Å²) in [4.78, 5) is 2.64. The summed E-state index contributed by atoms with van der Waals surface area (Å²) in [6.07, 6.45) is 3.85. The molecule has 0 aromatic heterocycles. The Morgan fingerprint density at radius 1 is 1.25 bits per heavy atom. The van der Waals surface area contributed by atoms with Crippen LogP contribution in [0.25, 0.3) is 0 Å². The maximum Gasteiger partial charge on any atom is 0.119 e. The van der Waals surface area contributed by atoms with Crippen LogP contribution < -0.4 is 10.1 Å². The fraction of sp³-hybridized carbons (Fsp3) is 0.647. The van der Waals surface area contributed by atoms with E-state index in [1.807, 2.05) is 6.92 Å². The number of hydrogen-bond donors (Lipinski definition) is 1. The van der Waals surface area contributed by atoms with Crippen molar-refractivity contribution in [1.82, 2.24) is 10.2 Å². The lowest BCUT2D eigenvalue weighted by molar-refractivity contribution is 0.191. The van der Waals surface area contributed by atoms with Crippen molar-refractivity contribution in [1.29, 1.82) is 0 Å². The van der Waals surface area contributed by atoms with Crippen LogP contribution in [-0.2, 0) is 13.0 Å². The standard InChI is InChI=1S/C17H26N2O/c1-2-20-17-4-3-16-13-19(10-7-15(16)11-17)12-14-5-8-18-9-6-14/h3-4,11,14,18H,2,5-10,12-13H2,1H3. The largest absolute Gasteiger partial charge is 0.494 e. The van der Waals surface area contributed by atoms with Crippen molar-refractivity contribution in [3.8, 4) is 5.75 Å². The van der Waals surface area contributed by atoms with Gasteiger partial charge in [0.05, 0.1) is 6.61 Å². The molecule has 1 aromatic carbocycles. The number of nitrogens with one attached hydrogen (secondary N) is 1. The van der Waals surface area contributed by atoms with Crippen LogP contribution in [0.15, 0.2) is 18.2 Å². The molecule has 2 aliphatic heterocycles. The van der Waals surface area contributed by atoms with E-state index in [1.165, 1.54) is 56.6 Å². The van der Waals surface area contributed by atoms with E-state index >= 15 is 0 Å². The highest BCUT2D eigenvalue weighted by atomic mass is 16.5. The topological polar surface area (TPSA) is 24.5 Å². The van der Waals surface area contributed by atoms with Crippen LogP contribution in [0, 0.1) is 5.92 Å². The van der Waals surface area contributed by atoms with Crippen molar-refractivity contribution < 1.29 is 4.74 Å². The van der Waals surface area contributed by atoms with E-state index in [2.05, 4.69) is 28.4 Å². The van der Waals surface area contributed by atoms with Crippen molar-refractivity contribution in [3.63, 3.8) is 0 Å². The third-order valence-electron chi connectivity index (χ3n) is 4.56. The second kappa shape index (κ2) is 6.59. The van der Waals surface area contributed by atoms with Gasteiger partial charge >= 0.3 is 0 Å². The monoisotopic (exact) mass is 274 g/mol. The van der Waals surface area contributed by atoms with Gasteiger partial charge in [0, 0.05) is 19.6 Å². The van der Waals surface area contributed by atoms with Gasteiger partial charge < -0.3 is 10.1 Å². The van der Waals surface area contributed by atoms with E-state index in [0.29, 0.717) is 0 Å². The number of ether oxygens (including phenoxy) is 1. The number of rotatable bonds is 4. The Balaban J connectivity index is 1.60. The predicted octanol–water partition coefficient (Wildman–Crippen LogP) is 2.44. The Labute approximate surface area is 122 Å². The van der Waals surface area contributed by atoms with Gasteiger partial charge in [-0.15, -0.1) is 0 Å². The lowest BCUT2D eigenvalue weighted by atomic mass is 9.94. The van der Waals surface area contributed by atoms with Gasteiger partial charge in [0.1, 0.15) is 5.75 Å². The molecule has 0 radical (unpaired) electrons. The zero-order valence-corrected chi connectivity index (χ0v) is 12.5. The van der Waals surface area contributed by atoms with Crippen molar-refractivity contribution in [3.05, 3.63) is 29.3 Å². The number of fused-ring (bicyclic) bond motifs is 1. The number of piperidine rings is 1. The molecule has 3 rings (SSSR count). The molecule has 2 aliphatic rings. The molecule has 110 valence electrons. The first-order chi connectivity index (χ1) is 9.85. The molecule has 0 spiro atoms. The van der Waals surface area contributed by atoms with E-state index in [1.54, 1.807) is 0 Å². The minimum absolute atomic E-state index is 0.751. The maximum absolute atomic E-state index is 5.60. The summed E-state index contributed by atoms with van der Waals surface area (Å²) in [5.74, 6) is 1.92. The van der Waals surface area contributed by atoms with Crippen LogP contribution in [0.3, 0.4) is 0 Å². The minimum Gasteiger partial charge on any atom is -0.494 e. The van der Waals surface area contributed by atoms with Crippen LogP contribution in [0.2, 0.25) is 0 Å². The molecule has 1 saturated heterocycles. The van der Waals surface area contributed by atoms with Crippen LogP contribution in [0.1, 0.15) is 30.9 Å².